The zero-order chi connectivity index (χ0) is 28.4. The number of carbonyl (C=O) groups excluding carboxylic acids is 1. The van der Waals surface area contributed by atoms with Crippen molar-refractivity contribution in [3.63, 3.8) is 0 Å². The monoisotopic (exact) mass is 552 g/mol. The number of amides is 1. The second-order valence-electron chi connectivity index (χ2n) is 10.3. The summed E-state index contributed by atoms with van der Waals surface area (Å²) in [6, 6.07) is 15.3. The molecule has 1 atom stereocenters. The van der Waals surface area contributed by atoms with Gasteiger partial charge < -0.3 is 29.0 Å². The van der Waals surface area contributed by atoms with Crippen LogP contribution in [0.25, 0.3) is 0 Å². The van der Waals surface area contributed by atoms with Crippen molar-refractivity contribution in [3.8, 4) is 17.2 Å². The summed E-state index contributed by atoms with van der Waals surface area (Å²) < 4.78 is 24.5. The molecule has 10 heteroatoms. The van der Waals surface area contributed by atoms with Crippen molar-refractivity contribution in [1.82, 2.24) is 19.6 Å². The van der Waals surface area contributed by atoms with Crippen molar-refractivity contribution in [3.05, 3.63) is 72.1 Å². The van der Waals surface area contributed by atoms with E-state index in [0.717, 1.165) is 24.1 Å². The number of methoxy groups -OCH3 is 2. The van der Waals surface area contributed by atoms with Crippen LogP contribution in [-0.4, -0.2) is 96.4 Å². The fraction of sp³-hybridized carbons (Fsp3) is 0.467. The van der Waals surface area contributed by atoms with Crippen molar-refractivity contribution in [2.75, 3.05) is 60.2 Å². The van der Waals surface area contributed by atoms with E-state index in [9.17, 15) is 9.90 Å². The van der Waals surface area contributed by atoms with Crippen LogP contribution >= 0.6 is 0 Å². The van der Waals surface area contributed by atoms with Gasteiger partial charge in [0, 0.05) is 52.5 Å². The summed E-state index contributed by atoms with van der Waals surface area (Å²) in [5.74, 6) is 1.85. The lowest BCUT2D eigenvalue weighted by Gasteiger charge is -2.33. The lowest BCUT2D eigenvalue weighted by molar-refractivity contribution is -0.138. The molecule has 40 heavy (non-hydrogen) atoms. The minimum atomic E-state index is -1.27. The molecule has 0 bridgehead atoms. The lowest BCUT2D eigenvalue weighted by Crippen LogP contribution is -2.52. The first-order valence-electron chi connectivity index (χ1n) is 13.6. The van der Waals surface area contributed by atoms with Gasteiger partial charge in [-0.15, -0.1) is 0 Å². The molecule has 1 aromatic heterocycles. The van der Waals surface area contributed by atoms with E-state index in [-0.39, 0.29) is 25.7 Å². The van der Waals surface area contributed by atoms with Gasteiger partial charge in [0.25, 0.3) is 0 Å². The Bertz CT molecular complexity index is 1220. The number of hydrogen-bond acceptors (Lipinski definition) is 8. The van der Waals surface area contributed by atoms with Crippen molar-refractivity contribution in [2.24, 2.45) is 0 Å². The number of rotatable bonds is 13. The summed E-state index contributed by atoms with van der Waals surface area (Å²) in [4.78, 5) is 16.5. The van der Waals surface area contributed by atoms with Gasteiger partial charge in [-0.2, -0.15) is 5.10 Å². The van der Waals surface area contributed by atoms with Crippen LogP contribution in [0, 0.1) is 6.92 Å². The molecule has 0 radical (unpaired) electrons. The Morgan fingerprint density at radius 2 is 1.88 bits per heavy atom. The van der Waals surface area contributed by atoms with Crippen molar-refractivity contribution in [1.29, 1.82) is 0 Å². The maximum absolute atomic E-state index is 12.7. The maximum Gasteiger partial charge on any atom is 0.248 e. The fourth-order valence-electron chi connectivity index (χ4n) is 4.82. The Balaban J connectivity index is 1.42. The number of aromatic nitrogens is 2. The molecule has 216 valence electrons. The van der Waals surface area contributed by atoms with Gasteiger partial charge >= 0.3 is 0 Å². The molecule has 2 aromatic carbocycles. The van der Waals surface area contributed by atoms with Crippen LogP contribution in [0.5, 0.6) is 17.2 Å². The van der Waals surface area contributed by atoms with Gasteiger partial charge in [0.1, 0.15) is 24.6 Å². The van der Waals surface area contributed by atoms with Crippen LogP contribution in [0.2, 0.25) is 0 Å². The predicted octanol–water partition coefficient (Wildman–Crippen LogP) is 2.77. The molecule has 2 heterocycles. The van der Waals surface area contributed by atoms with E-state index in [1.807, 2.05) is 72.5 Å². The van der Waals surface area contributed by atoms with E-state index in [1.165, 1.54) is 7.11 Å². The Kier molecular flexibility index (Phi) is 10.4. The number of nitrogens with zero attached hydrogens (tertiary/aromatic N) is 4. The fourth-order valence-corrected chi connectivity index (χ4v) is 4.82. The summed E-state index contributed by atoms with van der Waals surface area (Å²) in [5.41, 5.74) is 0.877. The van der Waals surface area contributed by atoms with Gasteiger partial charge in [-0.25, -0.2) is 0 Å². The third kappa shape index (κ3) is 8.45. The number of carbonyl (C=O) groups is 1. The van der Waals surface area contributed by atoms with Gasteiger partial charge in [0.15, 0.2) is 11.5 Å². The first-order valence-corrected chi connectivity index (χ1v) is 13.6. The second-order valence-corrected chi connectivity index (χ2v) is 10.3. The molecule has 1 fully saturated rings. The average molecular weight is 553 g/mol. The predicted molar refractivity (Wildman–Crippen MR) is 151 cm³/mol. The topological polar surface area (TPSA) is 98.5 Å². The Hall–Kier alpha value is -3.60. The molecule has 1 N–H and O–H groups in total. The van der Waals surface area contributed by atoms with E-state index < -0.39 is 5.60 Å². The van der Waals surface area contributed by atoms with E-state index in [1.54, 1.807) is 12.0 Å². The highest BCUT2D eigenvalue weighted by Gasteiger charge is 2.37. The van der Waals surface area contributed by atoms with Gasteiger partial charge in [-0.1, -0.05) is 24.3 Å². The molecule has 1 aliphatic heterocycles. The maximum atomic E-state index is 12.7. The molecule has 0 unspecified atom stereocenters. The molecule has 1 amide bonds. The highest BCUT2D eigenvalue weighted by molar-refractivity contribution is 5.77. The van der Waals surface area contributed by atoms with Crippen LogP contribution in [0.1, 0.15) is 17.5 Å². The van der Waals surface area contributed by atoms with Gasteiger partial charge in [-0.05, 0) is 42.3 Å². The highest BCUT2D eigenvalue weighted by atomic mass is 16.5. The summed E-state index contributed by atoms with van der Waals surface area (Å²) in [6.45, 7) is 5.46. The highest BCUT2D eigenvalue weighted by Crippen LogP contribution is 2.29. The SMILES string of the molecule is COCC(=O)N1CCN(Cc2ccc(OC)c(OCCCn3cc(C)cn3)c2)C[C@@](O)(COc2ccccc2)C1. The van der Waals surface area contributed by atoms with E-state index in [4.69, 9.17) is 18.9 Å². The van der Waals surface area contributed by atoms with E-state index in [2.05, 4.69) is 10.00 Å². The number of hydrogen-bond donors (Lipinski definition) is 1. The van der Waals surface area contributed by atoms with Crippen LogP contribution in [0.15, 0.2) is 60.9 Å². The minimum absolute atomic E-state index is 0.0329. The van der Waals surface area contributed by atoms with Crippen LogP contribution in [0.4, 0.5) is 0 Å². The summed E-state index contributed by atoms with van der Waals surface area (Å²) in [7, 11) is 3.12. The van der Waals surface area contributed by atoms with Crippen molar-refractivity contribution < 1.29 is 28.8 Å². The average Bonchev–Trinajstić information content (AvgIpc) is 3.29. The van der Waals surface area contributed by atoms with Gasteiger partial charge in [0.2, 0.25) is 5.91 Å². The largest absolute Gasteiger partial charge is 0.493 e. The first-order chi connectivity index (χ1) is 19.4. The van der Waals surface area contributed by atoms with E-state index in [0.29, 0.717) is 50.0 Å². The van der Waals surface area contributed by atoms with Gasteiger partial charge in [0.05, 0.1) is 26.5 Å². The van der Waals surface area contributed by atoms with Crippen molar-refractivity contribution in [2.45, 2.75) is 32.0 Å². The summed E-state index contributed by atoms with van der Waals surface area (Å²) in [6.07, 6.45) is 4.66. The number of benzene rings is 2. The van der Waals surface area contributed by atoms with Crippen molar-refractivity contribution >= 4 is 5.91 Å². The lowest BCUT2D eigenvalue weighted by atomic mass is 10.0. The van der Waals surface area contributed by atoms with Crippen LogP contribution in [-0.2, 0) is 22.6 Å². The molecular weight excluding hydrogens is 512 g/mol. The number of ether oxygens (including phenoxy) is 4. The Morgan fingerprint density at radius 3 is 2.60 bits per heavy atom. The zero-order valence-electron chi connectivity index (χ0n) is 23.6. The molecule has 10 nitrogen and oxygen atoms in total. The number of aliphatic hydroxyl groups is 1. The Morgan fingerprint density at radius 1 is 1.05 bits per heavy atom. The van der Waals surface area contributed by atoms with Crippen LogP contribution in [0.3, 0.4) is 0 Å². The normalized spacial score (nSPS) is 17.9. The molecule has 1 saturated heterocycles. The molecule has 1 aliphatic rings. The first kappa shape index (κ1) is 29.4. The van der Waals surface area contributed by atoms with Crippen LogP contribution < -0.4 is 14.2 Å². The molecule has 0 saturated carbocycles. The molecule has 0 spiro atoms. The number of β-amino-alcohol motifs (C(OH)–C–C–N with tert-alkyl or cyclic N) is 1. The quantitative estimate of drug-likeness (QED) is 0.324. The molecule has 3 aromatic rings. The Labute approximate surface area is 236 Å². The molecule has 0 aliphatic carbocycles. The second kappa shape index (κ2) is 14.2. The molecular formula is C30H40N4O6. The van der Waals surface area contributed by atoms with Gasteiger partial charge in [-0.3, -0.25) is 14.4 Å². The van der Waals surface area contributed by atoms with E-state index >= 15 is 0 Å². The smallest absolute Gasteiger partial charge is 0.248 e. The minimum Gasteiger partial charge on any atom is -0.493 e. The number of aryl methyl sites for hydroxylation is 2. The zero-order valence-corrected chi connectivity index (χ0v) is 23.6. The standard InChI is InChI=1S/C30H40N4O6/c1-24-17-31-34(18-24)12-7-15-39-28-16-25(10-11-27(28)38-3)19-32-13-14-33(29(35)20-37-2)22-30(36,21-32)23-40-26-8-5-4-6-9-26/h4-6,8-11,16-18,36H,7,12-15,19-23H2,1-3H3/t30-/m0/s1. The molecule has 4 rings (SSSR count). The summed E-state index contributed by atoms with van der Waals surface area (Å²) >= 11 is 0. The third-order valence-electron chi connectivity index (χ3n) is 6.75. The third-order valence-corrected chi connectivity index (χ3v) is 6.75. The summed E-state index contributed by atoms with van der Waals surface area (Å²) in [5, 5.41) is 16.0. The number of para-hydroxylation sites is 1.